The molecule has 1 aliphatic heterocycles. The van der Waals surface area contributed by atoms with E-state index in [4.69, 9.17) is 5.21 Å². The largest absolute Gasteiger partial charge is 0.310 e. The first-order valence-electron chi connectivity index (χ1n) is 8.84. The van der Waals surface area contributed by atoms with Crippen molar-refractivity contribution in [3.63, 3.8) is 0 Å². The number of nitrogens with zero attached hydrogens (tertiary/aromatic N) is 2. The molecule has 1 spiro atoms. The van der Waals surface area contributed by atoms with Crippen LogP contribution in [0.25, 0.3) is 0 Å². The third-order valence-corrected chi connectivity index (χ3v) is 5.75. The van der Waals surface area contributed by atoms with Gasteiger partial charge in [-0.15, -0.1) is 0 Å². The van der Waals surface area contributed by atoms with Crippen LogP contribution in [0.2, 0.25) is 0 Å². The van der Waals surface area contributed by atoms with Gasteiger partial charge in [0, 0.05) is 18.3 Å². The predicted octanol–water partition coefficient (Wildman–Crippen LogP) is 2.53. The van der Waals surface area contributed by atoms with Crippen LogP contribution in [0.1, 0.15) is 40.0 Å². The minimum absolute atomic E-state index is 0. The Labute approximate surface area is 165 Å². The van der Waals surface area contributed by atoms with Gasteiger partial charge in [0.05, 0.1) is 16.8 Å². The molecule has 2 amide bonds. The molecule has 0 saturated carbocycles. The summed E-state index contributed by atoms with van der Waals surface area (Å²) in [7, 11) is 0. The fourth-order valence-corrected chi connectivity index (χ4v) is 4.27. The highest BCUT2D eigenvalue weighted by atomic mass is 32.1. The van der Waals surface area contributed by atoms with Crippen LogP contribution < -0.4 is 10.4 Å². The normalized spacial score (nSPS) is 21.0. The molecule has 7 heteroatoms. The number of hydroxylamine groups is 1. The van der Waals surface area contributed by atoms with Crippen molar-refractivity contribution in [2.75, 3.05) is 11.4 Å². The Morgan fingerprint density at radius 2 is 2.07 bits per heavy atom. The van der Waals surface area contributed by atoms with Gasteiger partial charge < -0.3 is 4.90 Å². The smallest absolute Gasteiger partial charge is 0.274 e. The van der Waals surface area contributed by atoms with Crippen LogP contribution in [0, 0.1) is 12.3 Å². The van der Waals surface area contributed by atoms with Gasteiger partial charge in [0.25, 0.3) is 5.91 Å². The maximum absolute atomic E-state index is 13.3. The van der Waals surface area contributed by atoms with Crippen molar-refractivity contribution in [1.82, 2.24) is 10.5 Å². The summed E-state index contributed by atoms with van der Waals surface area (Å²) in [6, 6.07) is 9.24. The molecule has 2 aromatic rings. The first kappa shape index (κ1) is 19.4. The number of anilines is 1. The van der Waals surface area contributed by atoms with E-state index < -0.39 is 5.91 Å². The summed E-state index contributed by atoms with van der Waals surface area (Å²) in [5.74, 6) is -0.334. The topological polar surface area (TPSA) is 82.5 Å². The lowest BCUT2D eigenvalue weighted by Crippen LogP contribution is -2.39. The number of hydrogen-bond donors (Lipinski definition) is 2. The van der Waals surface area contributed by atoms with Crippen LogP contribution in [0.5, 0.6) is 0 Å². The van der Waals surface area contributed by atoms with Crippen molar-refractivity contribution in [2.24, 2.45) is 5.41 Å². The summed E-state index contributed by atoms with van der Waals surface area (Å²) >= 11 is 0. The van der Waals surface area contributed by atoms with Crippen molar-refractivity contribution in [1.29, 1.82) is 0 Å². The molecule has 0 bridgehead atoms. The monoisotopic (exact) mass is 385 g/mol. The number of carbonyl (C=O) groups is 2. The van der Waals surface area contributed by atoms with Gasteiger partial charge in [-0.3, -0.25) is 19.8 Å². The second kappa shape index (κ2) is 7.32. The molecular weight excluding hydrogens is 362 g/mol. The molecule has 2 heterocycles. The van der Waals surface area contributed by atoms with E-state index in [1.54, 1.807) is 17.7 Å². The number of rotatable bonds is 2. The Hall–Kier alpha value is -2.38. The summed E-state index contributed by atoms with van der Waals surface area (Å²) in [5.41, 5.74) is 5.71. The molecule has 4 rings (SSSR count). The van der Waals surface area contributed by atoms with E-state index in [1.165, 1.54) is 0 Å². The molecule has 1 fully saturated rings. The number of amides is 2. The molecule has 0 unspecified atom stereocenters. The Balaban J connectivity index is 0.00000210. The fraction of sp³-hybridized carbons (Fsp3) is 0.350. The summed E-state index contributed by atoms with van der Waals surface area (Å²) in [5, 5.41) is 8.80. The van der Waals surface area contributed by atoms with Gasteiger partial charge in [0.2, 0.25) is 5.91 Å². The quantitative estimate of drug-likeness (QED) is 0.615. The minimum atomic E-state index is -0.511. The van der Waals surface area contributed by atoms with Gasteiger partial charge in [0.1, 0.15) is 0 Å². The molecule has 1 aromatic heterocycles. The molecule has 2 aliphatic rings. The van der Waals surface area contributed by atoms with E-state index in [0.29, 0.717) is 18.5 Å². The summed E-state index contributed by atoms with van der Waals surface area (Å²) in [6.07, 6.45) is 4.80. The van der Waals surface area contributed by atoms with E-state index in [-0.39, 0.29) is 24.8 Å². The molecule has 2 N–H and O–H groups in total. The van der Waals surface area contributed by atoms with Crippen LogP contribution in [0.4, 0.5) is 5.69 Å². The van der Waals surface area contributed by atoms with E-state index in [0.717, 1.165) is 41.8 Å². The second-order valence-corrected chi connectivity index (χ2v) is 7.20. The SMILES string of the molecule is Cc1ncccc1N1CC[C@@]2(CCc3cc(C(=O)NO)ccc3C2)C1=O.S. The lowest BCUT2D eigenvalue weighted by atomic mass is 9.70. The van der Waals surface area contributed by atoms with Crippen LogP contribution in [0.15, 0.2) is 36.5 Å². The Morgan fingerprint density at radius 3 is 2.81 bits per heavy atom. The van der Waals surface area contributed by atoms with Crippen LogP contribution in [0.3, 0.4) is 0 Å². The maximum atomic E-state index is 13.3. The van der Waals surface area contributed by atoms with Gasteiger partial charge in [0.15, 0.2) is 0 Å². The Morgan fingerprint density at radius 1 is 1.26 bits per heavy atom. The number of pyridine rings is 1. The summed E-state index contributed by atoms with van der Waals surface area (Å²) in [4.78, 5) is 31.1. The van der Waals surface area contributed by atoms with Crippen molar-refractivity contribution in [3.05, 3.63) is 58.9 Å². The molecule has 142 valence electrons. The molecular formula is C20H23N3O3S. The van der Waals surface area contributed by atoms with Crippen molar-refractivity contribution >= 4 is 31.0 Å². The van der Waals surface area contributed by atoms with Gasteiger partial charge in [-0.2, -0.15) is 13.5 Å². The van der Waals surface area contributed by atoms with E-state index >= 15 is 0 Å². The van der Waals surface area contributed by atoms with Gasteiger partial charge in [-0.25, -0.2) is 5.48 Å². The number of nitrogens with one attached hydrogen (secondary N) is 1. The highest BCUT2D eigenvalue weighted by Gasteiger charge is 2.48. The van der Waals surface area contributed by atoms with Gasteiger partial charge in [-0.05, 0) is 68.0 Å². The van der Waals surface area contributed by atoms with Crippen molar-refractivity contribution in [3.8, 4) is 0 Å². The molecule has 1 aliphatic carbocycles. The summed E-state index contributed by atoms with van der Waals surface area (Å²) in [6.45, 7) is 2.64. The number of fused-ring (bicyclic) bond motifs is 1. The third-order valence-electron chi connectivity index (χ3n) is 5.75. The second-order valence-electron chi connectivity index (χ2n) is 7.20. The standard InChI is InChI=1S/C20H21N3O3.H2S/c1-13-17(3-2-9-21-13)23-10-8-20(19(23)25)7-6-14-11-15(18(24)22-26)4-5-16(14)12-20;/h2-5,9,11,26H,6-8,10,12H2,1H3,(H,22,24);1H2/t20-;/m1./s1. The molecule has 27 heavy (non-hydrogen) atoms. The van der Waals surface area contributed by atoms with Crippen LogP contribution in [-0.4, -0.2) is 28.6 Å². The summed E-state index contributed by atoms with van der Waals surface area (Å²) < 4.78 is 0. The number of hydrogen-bond acceptors (Lipinski definition) is 4. The van der Waals surface area contributed by atoms with Crippen molar-refractivity contribution < 1.29 is 14.8 Å². The maximum Gasteiger partial charge on any atom is 0.274 e. The van der Waals surface area contributed by atoms with E-state index in [9.17, 15) is 9.59 Å². The van der Waals surface area contributed by atoms with E-state index in [1.807, 2.05) is 36.1 Å². The highest BCUT2D eigenvalue weighted by molar-refractivity contribution is 7.59. The zero-order valence-corrected chi connectivity index (χ0v) is 16.2. The molecule has 0 radical (unpaired) electrons. The average Bonchev–Trinajstić information content (AvgIpc) is 2.97. The van der Waals surface area contributed by atoms with Gasteiger partial charge >= 0.3 is 0 Å². The first-order valence-corrected chi connectivity index (χ1v) is 8.84. The van der Waals surface area contributed by atoms with Crippen molar-refractivity contribution in [2.45, 2.75) is 32.6 Å². The average molecular weight is 385 g/mol. The number of aromatic nitrogens is 1. The zero-order valence-electron chi connectivity index (χ0n) is 15.2. The predicted molar refractivity (Wildman–Crippen MR) is 106 cm³/mol. The molecule has 1 aromatic carbocycles. The molecule has 6 nitrogen and oxygen atoms in total. The Bertz CT molecular complexity index is 902. The zero-order chi connectivity index (χ0) is 18.3. The number of benzene rings is 1. The third kappa shape index (κ3) is 3.21. The highest BCUT2D eigenvalue weighted by Crippen LogP contribution is 2.45. The number of carbonyl (C=O) groups excluding carboxylic acids is 2. The molecule has 1 atom stereocenters. The molecule has 1 saturated heterocycles. The fourth-order valence-electron chi connectivity index (χ4n) is 4.27. The van der Waals surface area contributed by atoms with Crippen LogP contribution >= 0.6 is 13.5 Å². The van der Waals surface area contributed by atoms with E-state index in [2.05, 4.69) is 4.98 Å². The minimum Gasteiger partial charge on any atom is -0.310 e. The Kier molecular flexibility index (Phi) is 5.26. The lowest BCUT2D eigenvalue weighted by molar-refractivity contribution is -0.126. The van der Waals surface area contributed by atoms with Crippen LogP contribution in [-0.2, 0) is 17.6 Å². The first-order chi connectivity index (χ1) is 12.5. The number of aryl methyl sites for hydroxylation is 2. The lowest BCUT2D eigenvalue weighted by Gasteiger charge is -2.33. The van der Waals surface area contributed by atoms with Gasteiger partial charge in [-0.1, -0.05) is 6.07 Å².